The summed E-state index contributed by atoms with van der Waals surface area (Å²) in [6.45, 7) is 0.920. The topological polar surface area (TPSA) is 213 Å². The number of ether oxygens (including phenoxy) is 2. The number of aliphatic hydroxyl groups excluding tert-OH is 3. The van der Waals surface area contributed by atoms with Crippen molar-refractivity contribution < 1.29 is 34.4 Å². The van der Waals surface area contributed by atoms with Crippen molar-refractivity contribution in [3.8, 4) is 0 Å². The summed E-state index contributed by atoms with van der Waals surface area (Å²) in [5.74, 6) is -2.10. The van der Waals surface area contributed by atoms with Crippen molar-refractivity contribution in [3.05, 3.63) is 11.4 Å². The second-order valence-corrected chi connectivity index (χ2v) is 5.55. The van der Waals surface area contributed by atoms with Crippen LogP contribution in [0.5, 0.6) is 0 Å². The van der Waals surface area contributed by atoms with Crippen molar-refractivity contribution >= 4 is 34.9 Å². The molecule has 4 unspecified atom stereocenters. The molecule has 1 heterocycles. The van der Waals surface area contributed by atoms with Crippen LogP contribution in [0.25, 0.3) is 0 Å². The molecule has 4 atom stereocenters. The predicted molar refractivity (Wildman–Crippen MR) is 91.4 cm³/mol. The summed E-state index contributed by atoms with van der Waals surface area (Å²) in [7, 11) is 0. The van der Waals surface area contributed by atoms with E-state index in [0.29, 0.717) is 0 Å². The summed E-state index contributed by atoms with van der Waals surface area (Å²) in [5, 5.41) is 40.3. The SMILES string of the molecule is CCOC(=O)C(=N)/C(N)=C(\NC(N)=S)C(=O)NC1OC(CO)C(O)C1O. The third kappa shape index (κ3) is 5.09. The monoisotopic (exact) mass is 391 g/mol. The van der Waals surface area contributed by atoms with Gasteiger partial charge in [0.15, 0.2) is 17.1 Å². The molecule has 0 spiro atoms. The molecule has 0 radical (unpaired) electrons. The van der Waals surface area contributed by atoms with Gasteiger partial charge in [0.25, 0.3) is 5.91 Å². The number of thiocarbonyl (C=S) groups is 1. The lowest BCUT2D eigenvalue weighted by atomic mass is 10.1. The molecular formula is C13H21N5O7S. The fraction of sp³-hybridized carbons (Fsp3) is 0.538. The minimum atomic E-state index is -1.53. The Balaban J connectivity index is 3.03. The summed E-state index contributed by atoms with van der Waals surface area (Å²) in [6.07, 6.45) is -5.46. The van der Waals surface area contributed by atoms with Gasteiger partial charge in [-0.25, -0.2) is 4.79 Å². The van der Waals surface area contributed by atoms with E-state index in [-0.39, 0.29) is 11.7 Å². The van der Waals surface area contributed by atoms with Crippen molar-refractivity contribution in [2.75, 3.05) is 13.2 Å². The van der Waals surface area contributed by atoms with Gasteiger partial charge in [-0.15, -0.1) is 0 Å². The first-order valence-electron chi connectivity index (χ1n) is 7.39. The normalized spacial score (nSPS) is 25.8. The van der Waals surface area contributed by atoms with E-state index in [4.69, 9.17) is 26.7 Å². The summed E-state index contributed by atoms with van der Waals surface area (Å²) in [6, 6.07) is 0. The van der Waals surface area contributed by atoms with Crippen LogP contribution in [0.1, 0.15) is 6.92 Å². The van der Waals surface area contributed by atoms with E-state index in [2.05, 4.69) is 27.6 Å². The number of carbonyl (C=O) groups is 2. The van der Waals surface area contributed by atoms with Crippen molar-refractivity contribution in [1.82, 2.24) is 10.6 Å². The number of nitrogens with two attached hydrogens (primary N) is 2. The Morgan fingerprint density at radius 1 is 1.31 bits per heavy atom. The molecule has 146 valence electrons. The summed E-state index contributed by atoms with van der Waals surface area (Å²) >= 11 is 4.63. The Hall–Kier alpha value is -2.32. The molecule has 0 aliphatic carbocycles. The van der Waals surface area contributed by atoms with E-state index in [1.807, 2.05) is 0 Å². The van der Waals surface area contributed by atoms with Gasteiger partial charge in [-0.3, -0.25) is 10.2 Å². The lowest BCUT2D eigenvalue weighted by Crippen LogP contribution is -2.48. The van der Waals surface area contributed by atoms with Crippen LogP contribution in [0, 0.1) is 5.41 Å². The third-order valence-corrected chi connectivity index (χ3v) is 3.41. The molecule has 13 heteroatoms. The fourth-order valence-corrected chi connectivity index (χ4v) is 2.13. The molecule has 1 fully saturated rings. The maximum absolute atomic E-state index is 12.4. The molecule has 1 aliphatic rings. The van der Waals surface area contributed by atoms with Gasteiger partial charge < -0.3 is 46.9 Å². The second kappa shape index (κ2) is 9.40. The van der Waals surface area contributed by atoms with Gasteiger partial charge in [-0.2, -0.15) is 0 Å². The van der Waals surface area contributed by atoms with E-state index in [0.717, 1.165) is 0 Å². The molecule has 10 N–H and O–H groups in total. The Morgan fingerprint density at radius 3 is 2.38 bits per heavy atom. The molecule has 12 nitrogen and oxygen atoms in total. The number of nitrogens with one attached hydrogen (secondary N) is 3. The number of esters is 1. The predicted octanol–water partition coefficient (Wildman–Crippen LogP) is -3.87. The van der Waals surface area contributed by atoms with Crippen molar-refractivity contribution in [2.24, 2.45) is 11.5 Å². The fourth-order valence-electron chi connectivity index (χ4n) is 2.03. The van der Waals surface area contributed by atoms with Gasteiger partial charge in [0, 0.05) is 0 Å². The average Bonchev–Trinajstić information content (AvgIpc) is 2.86. The van der Waals surface area contributed by atoms with Gasteiger partial charge >= 0.3 is 5.97 Å². The first-order valence-corrected chi connectivity index (χ1v) is 7.80. The Bertz CT molecular complexity index is 626. The molecule has 1 rings (SSSR count). The molecule has 0 aromatic heterocycles. The smallest absolute Gasteiger partial charge is 0.358 e. The zero-order valence-corrected chi connectivity index (χ0v) is 14.6. The van der Waals surface area contributed by atoms with Crippen LogP contribution in [0.3, 0.4) is 0 Å². The first-order chi connectivity index (χ1) is 12.1. The van der Waals surface area contributed by atoms with Crippen LogP contribution in [-0.2, 0) is 19.1 Å². The number of aliphatic hydroxyl groups is 3. The van der Waals surface area contributed by atoms with Crippen LogP contribution in [0.2, 0.25) is 0 Å². The summed E-state index contributed by atoms with van der Waals surface area (Å²) in [5.41, 5.74) is 8.99. The van der Waals surface area contributed by atoms with Crippen molar-refractivity contribution in [3.63, 3.8) is 0 Å². The van der Waals surface area contributed by atoms with Gasteiger partial charge in [0.2, 0.25) is 0 Å². The minimum Gasteiger partial charge on any atom is -0.461 e. The highest BCUT2D eigenvalue weighted by molar-refractivity contribution is 7.80. The molecular weight excluding hydrogens is 370 g/mol. The minimum absolute atomic E-state index is 0.0126. The highest BCUT2D eigenvalue weighted by Gasteiger charge is 2.43. The molecule has 0 bridgehead atoms. The van der Waals surface area contributed by atoms with Crippen LogP contribution >= 0.6 is 12.2 Å². The highest BCUT2D eigenvalue weighted by Crippen LogP contribution is 2.19. The maximum Gasteiger partial charge on any atom is 0.358 e. The van der Waals surface area contributed by atoms with Gasteiger partial charge in [-0.05, 0) is 19.1 Å². The molecule has 1 aliphatic heterocycles. The number of rotatable bonds is 7. The molecule has 0 aromatic carbocycles. The van der Waals surface area contributed by atoms with E-state index >= 15 is 0 Å². The third-order valence-electron chi connectivity index (χ3n) is 3.31. The summed E-state index contributed by atoms with van der Waals surface area (Å²) in [4.78, 5) is 24.0. The Labute approximate surface area is 153 Å². The quantitative estimate of drug-likeness (QED) is 0.0909. The second-order valence-electron chi connectivity index (χ2n) is 5.11. The number of hydrogen-bond acceptors (Lipinski definition) is 10. The van der Waals surface area contributed by atoms with Crippen molar-refractivity contribution in [1.29, 1.82) is 5.41 Å². The van der Waals surface area contributed by atoms with Crippen LogP contribution in [0.15, 0.2) is 11.4 Å². The summed E-state index contributed by atoms with van der Waals surface area (Å²) < 4.78 is 9.73. The van der Waals surface area contributed by atoms with E-state index in [1.54, 1.807) is 0 Å². The van der Waals surface area contributed by atoms with Crippen LogP contribution in [0.4, 0.5) is 0 Å². The maximum atomic E-state index is 12.4. The van der Waals surface area contributed by atoms with Crippen LogP contribution in [-0.4, -0.2) is 75.8 Å². The molecule has 26 heavy (non-hydrogen) atoms. The molecule has 0 aromatic rings. The lowest BCUT2D eigenvalue weighted by molar-refractivity contribution is -0.135. The molecule has 0 saturated carbocycles. The molecule has 1 amide bonds. The zero-order chi connectivity index (χ0) is 20.0. The van der Waals surface area contributed by atoms with Gasteiger partial charge in [0.05, 0.1) is 18.9 Å². The van der Waals surface area contributed by atoms with Crippen LogP contribution < -0.4 is 22.1 Å². The van der Waals surface area contributed by atoms with E-state index < -0.39 is 60.1 Å². The average molecular weight is 391 g/mol. The lowest BCUT2D eigenvalue weighted by Gasteiger charge is -2.19. The van der Waals surface area contributed by atoms with Crippen molar-refractivity contribution in [2.45, 2.75) is 31.5 Å². The number of amides is 1. The molecule has 1 saturated heterocycles. The van der Waals surface area contributed by atoms with E-state index in [9.17, 15) is 19.8 Å². The first kappa shape index (κ1) is 21.7. The Kier molecular flexibility index (Phi) is 7.85. The highest BCUT2D eigenvalue weighted by atomic mass is 32.1. The largest absolute Gasteiger partial charge is 0.461 e. The number of carbonyl (C=O) groups excluding carboxylic acids is 2. The van der Waals surface area contributed by atoms with Gasteiger partial charge in [0.1, 0.15) is 24.0 Å². The Morgan fingerprint density at radius 2 is 1.92 bits per heavy atom. The van der Waals surface area contributed by atoms with E-state index in [1.165, 1.54) is 6.92 Å². The zero-order valence-electron chi connectivity index (χ0n) is 13.8. The van der Waals surface area contributed by atoms with Gasteiger partial charge in [-0.1, -0.05) is 0 Å². The standard InChI is InChI=1S/C13H21N5O7S/c1-2-24-12(23)6(15)5(14)7(17-13(16)26)10(22)18-11-9(21)8(20)4(3-19)25-11/h4,8-9,11,15,19-21H,2-3,14H2,1H3,(H,18,22)(H3,16,17,26)/b7-5+,15-6?. The number of hydrogen-bond donors (Lipinski definition) is 8.